The summed E-state index contributed by atoms with van der Waals surface area (Å²) in [7, 11) is 0. The molecule has 5 heteroatoms. The molecule has 0 unspecified atom stereocenters. The van der Waals surface area contributed by atoms with E-state index < -0.39 is 0 Å². The molecule has 0 radical (unpaired) electrons. The van der Waals surface area contributed by atoms with E-state index in [1.807, 2.05) is 12.1 Å². The average Bonchev–Trinajstić information content (AvgIpc) is 2.92. The molecule has 0 aliphatic heterocycles. The molecule has 3 aromatic rings. The Morgan fingerprint density at radius 1 is 1.15 bits per heavy atom. The van der Waals surface area contributed by atoms with E-state index in [1.165, 1.54) is 12.1 Å². The van der Waals surface area contributed by atoms with Crippen LogP contribution in [0, 0.1) is 5.82 Å². The summed E-state index contributed by atoms with van der Waals surface area (Å²) in [5, 5.41) is 13.7. The molecule has 0 amide bonds. The number of aliphatic hydroxyl groups is 1. The van der Waals surface area contributed by atoms with Gasteiger partial charge in [0.05, 0.1) is 18.0 Å². The summed E-state index contributed by atoms with van der Waals surface area (Å²) in [4.78, 5) is 3.96. The minimum atomic E-state index is -0.325. The summed E-state index contributed by atoms with van der Waals surface area (Å²) in [6, 6.07) is 9.83. The lowest BCUT2D eigenvalue weighted by atomic mass is 10.1. The van der Waals surface area contributed by atoms with Crippen molar-refractivity contribution in [1.82, 2.24) is 14.8 Å². The molecule has 0 atom stereocenters. The van der Waals surface area contributed by atoms with E-state index in [0.717, 1.165) is 11.1 Å². The maximum Gasteiger partial charge on any atom is 0.125 e. The first-order valence-electron chi connectivity index (χ1n) is 6.13. The highest BCUT2D eigenvalue weighted by Gasteiger charge is 2.11. The maximum absolute atomic E-state index is 13.3. The van der Waals surface area contributed by atoms with Crippen LogP contribution in [0.1, 0.15) is 5.69 Å². The van der Waals surface area contributed by atoms with Crippen molar-refractivity contribution in [2.24, 2.45) is 0 Å². The first-order chi connectivity index (χ1) is 9.78. The molecule has 100 valence electrons. The van der Waals surface area contributed by atoms with E-state index in [-0.39, 0.29) is 12.4 Å². The Morgan fingerprint density at radius 3 is 2.65 bits per heavy atom. The molecule has 1 N–H and O–H groups in total. The van der Waals surface area contributed by atoms with Crippen LogP contribution in [0.3, 0.4) is 0 Å². The third-order valence-corrected chi connectivity index (χ3v) is 3.00. The highest BCUT2D eigenvalue weighted by molar-refractivity contribution is 5.65. The topological polar surface area (TPSA) is 50.9 Å². The summed E-state index contributed by atoms with van der Waals surface area (Å²) in [6.07, 6.45) is 5.13. The quantitative estimate of drug-likeness (QED) is 0.795. The molecular weight excluding hydrogens is 257 g/mol. The normalized spacial score (nSPS) is 10.7. The van der Waals surface area contributed by atoms with E-state index >= 15 is 0 Å². The maximum atomic E-state index is 13.3. The molecule has 0 bridgehead atoms. The van der Waals surface area contributed by atoms with Gasteiger partial charge in [-0.05, 0) is 35.9 Å². The van der Waals surface area contributed by atoms with Gasteiger partial charge in [0, 0.05) is 24.2 Å². The molecule has 0 saturated carbocycles. The Labute approximate surface area is 115 Å². The Balaban J connectivity index is 2.10. The van der Waals surface area contributed by atoms with E-state index in [0.29, 0.717) is 11.4 Å². The van der Waals surface area contributed by atoms with Crippen LogP contribution < -0.4 is 0 Å². The smallest absolute Gasteiger partial charge is 0.125 e. The van der Waals surface area contributed by atoms with Crippen LogP contribution in [0.5, 0.6) is 0 Å². The first kappa shape index (κ1) is 12.5. The van der Waals surface area contributed by atoms with E-state index in [2.05, 4.69) is 10.1 Å². The predicted molar refractivity (Wildman–Crippen MR) is 72.7 cm³/mol. The zero-order valence-corrected chi connectivity index (χ0v) is 10.6. The molecule has 0 aliphatic carbocycles. The third kappa shape index (κ3) is 2.31. The summed E-state index contributed by atoms with van der Waals surface area (Å²) in [6.45, 7) is -0.181. The number of hydrogen-bond donors (Lipinski definition) is 1. The minimum absolute atomic E-state index is 0.181. The average molecular weight is 269 g/mol. The first-order valence-corrected chi connectivity index (χ1v) is 6.13. The van der Waals surface area contributed by atoms with Crippen molar-refractivity contribution in [3.8, 4) is 16.8 Å². The van der Waals surface area contributed by atoms with Crippen molar-refractivity contribution in [3.63, 3.8) is 0 Å². The standard InChI is InChI=1S/C15H12FN3O/c16-12-2-1-3-13(8-12)19-9-14(15(10-20)18-19)11-4-6-17-7-5-11/h1-9,20H,10H2. The Kier molecular flexibility index (Phi) is 3.26. The zero-order valence-electron chi connectivity index (χ0n) is 10.6. The summed E-state index contributed by atoms with van der Waals surface area (Å²) in [5.74, 6) is -0.325. The number of aliphatic hydroxyl groups excluding tert-OH is 1. The van der Waals surface area contributed by atoms with Gasteiger partial charge in [0.25, 0.3) is 0 Å². The highest BCUT2D eigenvalue weighted by Crippen LogP contribution is 2.24. The lowest BCUT2D eigenvalue weighted by Gasteiger charge is -2.00. The summed E-state index contributed by atoms with van der Waals surface area (Å²) in [5.41, 5.74) is 2.87. The molecule has 0 saturated heterocycles. The fourth-order valence-electron chi connectivity index (χ4n) is 2.05. The SMILES string of the molecule is OCc1nn(-c2cccc(F)c2)cc1-c1ccncc1. The molecule has 0 aliphatic rings. The Morgan fingerprint density at radius 2 is 1.95 bits per heavy atom. The number of pyridine rings is 1. The van der Waals surface area contributed by atoms with Crippen molar-refractivity contribution in [2.75, 3.05) is 0 Å². The highest BCUT2D eigenvalue weighted by atomic mass is 19.1. The molecule has 1 aromatic carbocycles. The van der Waals surface area contributed by atoms with Crippen molar-refractivity contribution in [2.45, 2.75) is 6.61 Å². The van der Waals surface area contributed by atoms with E-state index in [1.54, 1.807) is 35.4 Å². The zero-order chi connectivity index (χ0) is 13.9. The van der Waals surface area contributed by atoms with Crippen LogP contribution in [0.2, 0.25) is 0 Å². The number of benzene rings is 1. The lowest BCUT2D eigenvalue weighted by Crippen LogP contribution is -1.96. The van der Waals surface area contributed by atoms with Gasteiger partial charge in [-0.2, -0.15) is 5.10 Å². The molecule has 0 spiro atoms. The van der Waals surface area contributed by atoms with Crippen LogP contribution in [0.4, 0.5) is 4.39 Å². The molecule has 2 heterocycles. The second-order valence-electron chi connectivity index (χ2n) is 4.31. The van der Waals surface area contributed by atoms with Gasteiger partial charge < -0.3 is 5.11 Å². The van der Waals surface area contributed by atoms with Gasteiger partial charge in [-0.3, -0.25) is 4.98 Å². The second kappa shape index (κ2) is 5.22. The largest absolute Gasteiger partial charge is 0.390 e. The van der Waals surface area contributed by atoms with Crippen molar-refractivity contribution in [1.29, 1.82) is 0 Å². The number of nitrogens with zero attached hydrogens (tertiary/aromatic N) is 3. The van der Waals surface area contributed by atoms with Gasteiger partial charge in [-0.1, -0.05) is 6.07 Å². The fraction of sp³-hybridized carbons (Fsp3) is 0.0667. The van der Waals surface area contributed by atoms with Gasteiger partial charge >= 0.3 is 0 Å². The number of hydrogen-bond acceptors (Lipinski definition) is 3. The van der Waals surface area contributed by atoms with Gasteiger partial charge in [0.1, 0.15) is 5.82 Å². The predicted octanol–water partition coefficient (Wildman–Crippen LogP) is 2.57. The van der Waals surface area contributed by atoms with Crippen LogP contribution in [-0.2, 0) is 6.61 Å². The lowest BCUT2D eigenvalue weighted by molar-refractivity contribution is 0.276. The van der Waals surface area contributed by atoms with Crippen LogP contribution in [-0.4, -0.2) is 19.9 Å². The molecule has 0 fully saturated rings. The van der Waals surface area contributed by atoms with E-state index in [4.69, 9.17) is 0 Å². The minimum Gasteiger partial charge on any atom is -0.390 e. The summed E-state index contributed by atoms with van der Waals surface area (Å²) < 4.78 is 14.8. The van der Waals surface area contributed by atoms with Crippen molar-refractivity contribution >= 4 is 0 Å². The molecule has 20 heavy (non-hydrogen) atoms. The molecule has 2 aromatic heterocycles. The van der Waals surface area contributed by atoms with Crippen LogP contribution in [0.15, 0.2) is 55.0 Å². The van der Waals surface area contributed by atoms with Gasteiger partial charge in [0.15, 0.2) is 0 Å². The van der Waals surface area contributed by atoms with Gasteiger partial charge in [0.2, 0.25) is 0 Å². The van der Waals surface area contributed by atoms with E-state index in [9.17, 15) is 9.50 Å². The number of rotatable bonds is 3. The summed E-state index contributed by atoms with van der Waals surface area (Å²) >= 11 is 0. The molecule has 3 rings (SSSR count). The van der Waals surface area contributed by atoms with Gasteiger partial charge in [-0.25, -0.2) is 9.07 Å². The monoisotopic (exact) mass is 269 g/mol. The number of halogens is 1. The van der Waals surface area contributed by atoms with Crippen molar-refractivity contribution < 1.29 is 9.50 Å². The van der Waals surface area contributed by atoms with Gasteiger partial charge in [-0.15, -0.1) is 0 Å². The number of aromatic nitrogens is 3. The van der Waals surface area contributed by atoms with Crippen LogP contribution in [0.25, 0.3) is 16.8 Å². The molecule has 4 nitrogen and oxygen atoms in total. The second-order valence-corrected chi connectivity index (χ2v) is 4.31. The fourth-order valence-corrected chi connectivity index (χ4v) is 2.05. The van der Waals surface area contributed by atoms with Crippen LogP contribution >= 0.6 is 0 Å². The third-order valence-electron chi connectivity index (χ3n) is 3.00. The molecular formula is C15H12FN3O. The van der Waals surface area contributed by atoms with Crippen molar-refractivity contribution in [3.05, 3.63) is 66.5 Å². The Bertz CT molecular complexity index is 725. The Hall–Kier alpha value is -2.53.